The Labute approximate surface area is 132 Å². The molecule has 1 atom stereocenters. The fraction of sp³-hybridized carbons (Fsp3) is 0.385. The second-order valence-corrected chi connectivity index (χ2v) is 7.00. The van der Waals surface area contributed by atoms with E-state index < -0.39 is 20.8 Å². The quantitative estimate of drug-likeness (QED) is 0.626. The van der Waals surface area contributed by atoms with Crippen LogP contribution in [0.1, 0.15) is 31.1 Å². The van der Waals surface area contributed by atoms with Gasteiger partial charge >= 0.3 is 0 Å². The number of rotatable bonds is 6. The van der Waals surface area contributed by atoms with Crippen LogP contribution in [0.5, 0.6) is 0 Å². The average molecular weight is 340 g/mol. The molecule has 0 aliphatic rings. The van der Waals surface area contributed by atoms with Gasteiger partial charge in [0.15, 0.2) is 15.7 Å². The third kappa shape index (κ3) is 3.83. The van der Waals surface area contributed by atoms with Crippen molar-refractivity contribution in [3.8, 4) is 0 Å². The minimum atomic E-state index is -3.53. The van der Waals surface area contributed by atoms with E-state index in [0.717, 1.165) is 12.3 Å². The summed E-state index contributed by atoms with van der Waals surface area (Å²) in [6.07, 6.45) is 1.56. The molecule has 1 N–H and O–H groups in total. The summed E-state index contributed by atoms with van der Waals surface area (Å²) in [7, 11) is -3.53. The van der Waals surface area contributed by atoms with Crippen LogP contribution in [0.25, 0.3) is 0 Å². The Kier molecular flexibility index (Phi) is 4.64. The molecule has 0 fully saturated rings. The molecule has 2 rings (SSSR count). The molecule has 0 aliphatic heterocycles. The summed E-state index contributed by atoms with van der Waals surface area (Å²) < 4.78 is 28.0. The summed E-state index contributed by atoms with van der Waals surface area (Å²) in [5.74, 6) is 0.772. The van der Waals surface area contributed by atoms with Crippen molar-refractivity contribution in [1.29, 1.82) is 0 Å². The Morgan fingerprint density at radius 1 is 1.43 bits per heavy atom. The monoisotopic (exact) mass is 340 g/mol. The van der Waals surface area contributed by atoms with Gasteiger partial charge in [-0.2, -0.15) is 4.98 Å². The summed E-state index contributed by atoms with van der Waals surface area (Å²) in [5.41, 5.74) is -0.136. The van der Waals surface area contributed by atoms with E-state index in [1.807, 2.05) is 6.92 Å². The summed E-state index contributed by atoms with van der Waals surface area (Å²) in [6.45, 7) is 3.51. The highest BCUT2D eigenvalue weighted by atomic mass is 32.2. The van der Waals surface area contributed by atoms with Crippen LogP contribution >= 0.6 is 0 Å². The summed E-state index contributed by atoms with van der Waals surface area (Å²) in [4.78, 5) is 14.6. The van der Waals surface area contributed by atoms with E-state index in [4.69, 9.17) is 4.52 Å². The molecule has 0 radical (unpaired) electrons. The van der Waals surface area contributed by atoms with Gasteiger partial charge in [0.2, 0.25) is 5.89 Å². The second kappa shape index (κ2) is 6.32. The molecule has 0 saturated carbocycles. The molecule has 0 bridgehead atoms. The molecule has 1 aromatic carbocycles. The fourth-order valence-corrected chi connectivity index (χ4v) is 2.65. The zero-order chi connectivity index (χ0) is 17.2. The topological polar surface area (TPSA) is 128 Å². The van der Waals surface area contributed by atoms with Crippen molar-refractivity contribution in [2.75, 3.05) is 11.6 Å². The van der Waals surface area contributed by atoms with E-state index in [9.17, 15) is 18.5 Å². The van der Waals surface area contributed by atoms with E-state index >= 15 is 0 Å². The van der Waals surface area contributed by atoms with Crippen LogP contribution in [0.4, 0.5) is 11.4 Å². The normalized spacial score (nSPS) is 12.8. The molecule has 0 aliphatic carbocycles. The Bertz CT molecular complexity index is 831. The Hall–Kier alpha value is -2.49. The van der Waals surface area contributed by atoms with Gasteiger partial charge in [-0.3, -0.25) is 10.1 Å². The lowest BCUT2D eigenvalue weighted by Gasteiger charge is -2.15. The van der Waals surface area contributed by atoms with E-state index in [0.29, 0.717) is 18.1 Å². The highest BCUT2D eigenvalue weighted by Crippen LogP contribution is 2.31. The molecule has 1 heterocycles. The fourth-order valence-electron chi connectivity index (χ4n) is 2.01. The van der Waals surface area contributed by atoms with Crippen LogP contribution in [0.15, 0.2) is 27.6 Å². The molecule has 10 heteroatoms. The number of aryl methyl sites for hydroxylation is 1. The number of nitro groups is 1. The summed E-state index contributed by atoms with van der Waals surface area (Å²) >= 11 is 0. The summed E-state index contributed by atoms with van der Waals surface area (Å²) in [5, 5.41) is 18.0. The van der Waals surface area contributed by atoms with Gasteiger partial charge in [-0.25, -0.2) is 8.42 Å². The van der Waals surface area contributed by atoms with Crippen LogP contribution in [0.3, 0.4) is 0 Å². The van der Waals surface area contributed by atoms with Crippen LogP contribution in [0, 0.1) is 17.0 Å². The van der Waals surface area contributed by atoms with Crippen molar-refractivity contribution >= 4 is 21.2 Å². The maximum atomic E-state index is 11.5. The predicted molar refractivity (Wildman–Crippen MR) is 81.9 cm³/mol. The highest BCUT2D eigenvalue weighted by molar-refractivity contribution is 7.90. The van der Waals surface area contributed by atoms with Gasteiger partial charge in [-0.05, 0) is 18.6 Å². The predicted octanol–water partition coefficient (Wildman–Crippen LogP) is 2.25. The molecule has 0 amide bonds. The highest BCUT2D eigenvalue weighted by Gasteiger charge is 2.22. The first-order chi connectivity index (χ1) is 10.7. The number of aromatic nitrogens is 2. The van der Waals surface area contributed by atoms with Gasteiger partial charge < -0.3 is 9.84 Å². The van der Waals surface area contributed by atoms with Gasteiger partial charge in [-0.1, -0.05) is 12.1 Å². The number of benzene rings is 1. The number of hydrogen-bond acceptors (Lipinski definition) is 8. The van der Waals surface area contributed by atoms with Gasteiger partial charge in [0.1, 0.15) is 5.69 Å². The van der Waals surface area contributed by atoms with Gasteiger partial charge in [0.05, 0.1) is 15.9 Å². The van der Waals surface area contributed by atoms with Crippen molar-refractivity contribution in [1.82, 2.24) is 10.1 Å². The lowest BCUT2D eigenvalue weighted by atomic mass is 10.2. The Morgan fingerprint density at radius 3 is 2.61 bits per heavy atom. The molecule has 0 saturated heterocycles. The minimum absolute atomic E-state index is 0.113. The van der Waals surface area contributed by atoms with Crippen LogP contribution in [-0.2, 0) is 9.84 Å². The molecule has 124 valence electrons. The van der Waals surface area contributed by atoms with Crippen molar-refractivity contribution in [2.45, 2.75) is 31.2 Å². The lowest BCUT2D eigenvalue weighted by molar-refractivity contribution is -0.384. The van der Waals surface area contributed by atoms with Crippen LogP contribution in [-0.4, -0.2) is 29.7 Å². The molecule has 1 unspecified atom stereocenters. The molecule has 2 aromatic rings. The number of anilines is 1. The van der Waals surface area contributed by atoms with E-state index in [1.165, 1.54) is 12.1 Å². The minimum Gasteiger partial charge on any atom is -0.369 e. The van der Waals surface area contributed by atoms with Crippen molar-refractivity contribution in [3.63, 3.8) is 0 Å². The van der Waals surface area contributed by atoms with Gasteiger partial charge in [0, 0.05) is 19.2 Å². The molecular formula is C13H16N4O5S. The first kappa shape index (κ1) is 16.9. The number of nitrogens with one attached hydrogen (secondary N) is 1. The van der Waals surface area contributed by atoms with E-state index in [2.05, 4.69) is 15.5 Å². The van der Waals surface area contributed by atoms with Crippen molar-refractivity contribution < 1.29 is 17.9 Å². The molecule has 1 aromatic heterocycles. The van der Waals surface area contributed by atoms with Gasteiger partial charge in [0.25, 0.3) is 5.69 Å². The average Bonchev–Trinajstić information content (AvgIpc) is 2.89. The number of sulfone groups is 1. The first-order valence-corrected chi connectivity index (χ1v) is 8.66. The van der Waals surface area contributed by atoms with Gasteiger partial charge in [-0.15, -0.1) is 0 Å². The molecule has 9 nitrogen and oxygen atoms in total. The lowest BCUT2D eigenvalue weighted by Crippen LogP contribution is -2.13. The standard InChI is InChI=1S/C13H16N4O5S/c1-4-10(13-14-8(2)22-16-13)15-11-6-5-9(23(3,20)21)7-12(11)17(18)19/h5-7,10,15H,4H2,1-3H3. The largest absolute Gasteiger partial charge is 0.369 e. The zero-order valence-electron chi connectivity index (χ0n) is 12.8. The molecule has 23 heavy (non-hydrogen) atoms. The number of hydrogen-bond donors (Lipinski definition) is 1. The van der Waals surface area contributed by atoms with Crippen molar-refractivity contribution in [3.05, 3.63) is 40.0 Å². The third-order valence-electron chi connectivity index (χ3n) is 3.19. The van der Waals surface area contributed by atoms with Crippen LogP contribution < -0.4 is 5.32 Å². The van der Waals surface area contributed by atoms with Crippen LogP contribution in [0.2, 0.25) is 0 Å². The maximum Gasteiger partial charge on any atom is 0.293 e. The third-order valence-corrected chi connectivity index (χ3v) is 4.30. The Balaban J connectivity index is 2.40. The smallest absolute Gasteiger partial charge is 0.293 e. The maximum absolute atomic E-state index is 11.5. The first-order valence-electron chi connectivity index (χ1n) is 6.77. The number of nitro benzene ring substituents is 1. The second-order valence-electron chi connectivity index (χ2n) is 4.98. The Morgan fingerprint density at radius 2 is 2.13 bits per heavy atom. The van der Waals surface area contributed by atoms with E-state index in [-0.39, 0.29) is 16.3 Å². The van der Waals surface area contributed by atoms with Crippen molar-refractivity contribution in [2.24, 2.45) is 0 Å². The number of nitrogens with zero attached hydrogens (tertiary/aromatic N) is 3. The molecule has 0 spiro atoms. The zero-order valence-corrected chi connectivity index (χ0v) is 13.6. The SMILES string of the molecule is CCC(Nc1ccc(S(C)(=O)=O)cc1[N+](=O)[O-])c1noc(C)n1. The van der Waals surface area contributed by atoms with E-state index in [1.54, 1.807) is 6.92 Å². The molecular weight excluding hydrogens is 324 g/mol. The summed E-state index contributed by atoms with van der Waals surface area (Å²) in [6, 6.07) is 3.32.